The van der Waals surface area contributed by atoms with Gasteiger partial charge in [0.1, 0.15) is 12.4 Å². The molecule has 0 saturated heterocycles. The second-order valence-corrected chi connectivity index (χ2v) is 6.72. The molecule has 0 heterocycles. The van der Waals surface area contributed by atoms with Crippen LogP contribution in [-0.2, 0) is 6.54 Å². The van der Waals surface area contributed by atoms with Crippen molar-refractivity contribution in [1.29, 1.82) is 0 Å². The van der Waals surface area contributed by atoms with E-state index in [1.807, 2.05) is 6.07 Å². The van der Waals surface area contributed by atoms with Crippen LogP contribution in [0.15, 0.2) is 18.2 Å². The molecule has 0 amide bonds. The molecule has 0 aromatic heterocycles. The van der Waals surface area contributed by atoms with E-state index in [0.717, 1.165) is 38.0 Å². The van der Waals surface area contributed by atoms with Gasteiger partial charge in [-0.15, -0.1) is 0 Å². The SMILES string of the molecule is Cc1ccc(OCC2(O)CCCCC2)c(CNC(C)C)c1. The highest BCUT2D eigenvalue weighted by molar-refractivity contribution is 5.37. The topological polar surface area (TPSA) is 41.5 Å². The van der Waals surface area contributed by atoms with Gasteiger partial charge in [0.05, 0.1) is 5.60 Å². The van der Waals surface area contributed by atoms with Gasteiger partial charge in [0.2, 0.25) is 0 Å². The molecule has 3 heteroatoms. The molecule has 2 N–H and O–H groups in total. The molecule has 0 atom stereocenters. The highest BCUT2D eigenvalue weighted by Crippen LogP contribution is 2.29. The summed E-state index contributed by atoms with van der Waals surface area (Å²) in [5, 5.41) is 14.0. The largest absolute Gasteiger partial charge is 0.490 e. The molecule has 0 unspecified atom stereocenters. The molecule has 2 rings (SSSR count). The highest BCUT2D eigenvalue weighted by Gasteiger charge is 2.30. The van der Waals surface area contributed by atoms with Gasteiger partial charge in [-0.05, 0) is 25.8 Å². The quantitative estimate of drug-likeness (QED) is 0.842. The maximum absolute atomic E-state index is 10.6. The maximum Gasteiger partial charge on any atom is 0.123 e. The van der Waals surface area contributed by atoms with E-state index in [0.29, 0.717) is 12.6 Å². The molecule has 1 fully saturated rings. The summed E-state index contributed by atoms with van der Waals surface area (Å²) in [6.07, 6.45) is 5.16. The summed E-state index contributed by atoms with van der Waals surface area (Å²) in [5.74, 6) is 0.896. The fourth-order valence-electron chi connectivity index (χ4n) is 2.87. The lowest BCUT2D eigenvalue weighted by Gasteiger charge is -2.32. The molecule has 1 aliphatic rings. The minimum Gasteiger partial charge on any atom is -0.490 e. The minimum atomic E-state index is -0.633. The Morgan fingerprint density at radius 1 is 1.24 bits per heavy atom. The first-order valence-electron chi connectivity index (χ1n) is 8.17. The molecule has 1 aromatic rings. The van der Waals surface area contributed by atoms with E-state index in [1.165, 1.54) is 17.5 Å². The Morgan fingerprint density at radius 2 is 1.95 bits per heavy atom. The van der Waals surface area contributed by atoms with Crippen LogP contribution in [0.1, 0.15) is 57.1 Å². The average molecular weight is 291 g/mol. The summed E-state index contributed by atoms with van der Waals surface area (Å²) in [6, 6.07) is 6.70. The van der Waals surface area contributed by atoms with Crippen LogP contribution in [0.25, 0.3) is 0 Å². The number of aliphatic hydroxyl groups is 1. The first kappa shape index (κ1) is 16.3. The van der Waals surface area contributed by atoms with Crippen LogP contribution in [0, 0.1) is 6.92 Å². The predicted octanol–water partition coefficient (Wildman–Crippen LogP) is 3.57. The van der Waals surface area contributed by atoms with E-state index in [-0.39, 0.29) is 0 Å². The van der Waals surface area contributed by atoms with Gasteiger partial charge >= 0.3 is 0 Å². The monoisotopic (exact) mass is 291 g/mol. The number of hydrogen-bond acceptors (Lipinski definition) is 3. The van der Waals surface area contributed by atoms with Crippen LogP contribution in [0.2, 0.25) is 0 Å². The summed E-state index contributed by atoms with van der Waals surface area (Å²) >= 11 is 0. The van der Waals surface area contributed by atoms with E-state index in [1.54, 1.807) is 0 Å². The first-order valence-corrected chi connectivity index (χ1v) is 8.17. The van der Waals surface area contributed by atoms with E-state index in [9.17, 15) is 5.11 Å². The summed E-state index contributed by atoms with van der Waals surface area (Å²) < 4.78 is 5.98. The van der Waals surface area contributed by atoms with E-state index in [2.05, 4.69) is 38.2 Å². The smallest absolute Gasteiger partial charge is 0.123 e. The van der Waals surface area contributed by atoms with Gasteiger partial charge in [-0.2, -0.15) is 0 Å². The van der Waals surface area contributed by atoms with E-state index >= 15 is 0 Å². The first-order chi connectivity index (χ1) is 9.98. The van der Waals surface area contributed by atoms with Gasteiger partial charge in [0, 0.05) is 18.2 Å². The van der Waals surface area contributed by atoms with Crippen LogP contribution >= 0.6 is 0 Å². The molecule has 0 aliphatic heterocycles. The zero-order chi connectivity index (χ0) is 15.3. The normalized spacial score (nSPS) is 18.0. The van der Waals surface area contributed by atoms with Gasteiger partial charge in [0.15, 0.2) is 0 Å². The molecule has 0 spiro atoms. The van der Waals surface area contributed by atoms with Crippen molar-refractivity contribution in [3.8, 4) is 5.75 Å². The zero-order valence-corrected chi connectivity index (χ0v) is 13.6. The van der Waals surface area contributed by atoms with Crippen molar-refractivity contribution in [2.45, 2.75) is 71.1 Å². The fraction of sp³-hybridized carbons (Fsp3) is 0.667. The Balaban J connectivity index is 2.01. The van der Waals surface area contributed by atoms with Crippen molar-refractivity contribution in [2.24, 2.45) is 0 Å². The van der Waals surface area contributed by atoms with E-state index in [4.69, 9.17) is 4.74 Å². The van der Waals surface area contributed by atoms with Gasteiger partial charge < -0.3 is 15.2 Å². The Kier molecular flexibility index (Phi) is 5.65. The standard InChI is InChI=1S/C18H29NO2/c1-14(2)19-12-16-11-15(3)7-8-17(16)21-13-18(20)9-5-4-6-10-18/h7-8,11,14,19-20H,4-6,9-10,12-13H2,1-3H3. The number of hydrogen-bond donors (Lipinski definition) is 2. The molecule has 0 bridgehead atoms. The van der Waals surface area contributed by atoms with Gasteiger partial charge in [-0.3, -0.25) is 0 Å². The maximum atomic E-state index is 10.6. The Morgan fingerprint density at radius 3 is 2.62 bits per heavy atom. The summed E-state index contributed by atoms with van der Waals surface area (Å²) in [6.45, 7) is 7.58. The number of nitrogens with one attached hydrogen (secondary N) is 1. The molecule has 1 saturated carbocycles. The molecular formula is C18H29NO2. The van der Waals surface area contributed by atoms with Gasteiger partial charge in [0.25, 0.3) is 0 Å². The molecule has 1 aliphatic carbocycles. The van der Waals surface area contributed by atoms with Crippen molar-refractivity contribution in [1.82, 2.24) is 5.32 Å². The molecule has 21 heavy (non-hydrogen) atoms. The van der Waals surface area contributed by atoms with Crippen molar-refractivity contribution in [2.75, 3.05) is 6.61 Å². The Bertz CT molecular complexity index is 451. The third-order valence-corrected chi connectivity index (χ3v) is 4.20. The fourth-order valence-corrected chi connectivity index (χ4v) is 2.87. The minimum absolute atomic E-state index is 0.407. The van der Waals surface area contributed by atoms with E-state index < -0.39 is 5.60 Å². The number of aryl methyl sites for hydroxylation is 1. The third kappa shape index (κ3) is 5.01. The number of ether oxygens (including phenoxy) is 1. The van der Waals surface area contributed by atoms with Crippen LogP contribution in [0.4, 0.5) is 0 Å². The van der Waals surface area contributed by atoms with Crippen molar-refractivity contribution in [3.63, 3.8) is 0 Å². The van der Waals surface area contributed by atoms with Crippen molar-refractivity contribution < 1.29 is 9.84 Å². The lowest BCUT2D eigenvalue weighted by atomic mass is 9.85. The summed E-state index contributed by atoms with van der Waals surface area (Å²) in [5.41, 5.74) is 1.77. The molecule has 3 nitrogen and oxygen atoms in total. The van der Waals surface area contributed by atoms with Gasteiger partial charge in [-0.25, -0.2) is 0 Å². The lowest BCUT2D eigenvalue weighted by Crippen LogP contribution is -2.38. The average Bonchev–Trinajstić information content (AvgIpc) is 2.45. The van der Waals surface area contributed by atoms with Crippen LogP contribution in [0.5, 0.6) is 5.75 Å². The van der Waals surface area contributed by atoms with Crippen LogP contribution in [-0.4, -0.2) is 23.4 Å². The second kappa shape index (κ2) is 7.28. The summed E-state index contributed by atoms with van der Waals surface area (Å²) in [7, 11) is 0. The number of rotatable bonds is 6. The molecule has 1 aromatic carbocycles. The van der Waals surface area contributed by atoms with Crippen molar-refractivity contribution in [3.05, 3.63) is 29.3 Å². The van der Waals surface area contributed by atoms with Crippen LogP contribution < -0.4 is 10.1 Å². The van der Waals surface area contributed by atoms with Crippen molar-refractivity contribution >= 4 is 0 Å². The third-order valence-electron chi connectivity index (χ3n) is 4.20. The highest BCUT2D eigenvalue weighted by atomic mass is 16.5. The van der Waals surface area contributed by atoms with Gasteiger partial charge in [-0.1, -0.05) is 50.8 Å². The van der Waals surface area contributed by atoms with Crippen LogP contribution in [0.3, 0.4) is 0 Å². The number of benzene rings is 1. The Labute approximate surface area is 128 Å². The zero-order valence-electron chi connectivity index (χ0n) is 13.6. The lowest BCUT2D eigenvalue weighted by molar-refractivity contribution is -0.0341. The predicted molar refractivity (Wildman–Crippen MR) is 86.7 cm³/mol. The summed E-state index contributed by atoms with van der Waals surface area (Å²) in [4.78, 5) is 0. The molecule has 0 radical (unpaired) electrons. The second-order valence-electron chi connectivity index (χ2n) is 6.72. The Hall–Kier alpha value is -1.06. The molecule has 118 valence electrons. The molecular weight excluding hydrogens is 262 g/mol.